The first-order valence-electron chi connectivity index (χ1n) is 13.2. The molecule has 2 heterocycles. The Kier molecular flexibility index (Phi) is 7.65. The number of amides is 2. The van der Waals surface area contributed by atoms with Crippen LogP contribution in [0.4, 0.5) is 17.6 Å². The van der Waals surface area contributed by atoms with Crippen LogP contribution in [0.3, 0.4) is 0 Å². The zero-order chi connectivity index (χ0) is 28.4. The number of alkyl halides is 3. The molecule has 5 rings (SSSR count). The molecular weight excluding hydrogens is 522 g/mol. The van der Waals surface area contributed by atoms with Gasteiger partial charge in [-0.1, -0.05) is 60.7 Å². The Labute approximate surface area is 229 Å². The summed E-state index contributed by atoms with van der Waals surface area (Å²) >= 11 is 0. The van der Waals surface area contributed by atoms with Crippen LogP contribution >= 0.6 is 0 Å². The summed E-state index contributed by atoms with van der Waals surface area (Å²) < 4.78 is 54.3. The van der Waals surface area contributed by atoms with Crippen molar-refractivity contribution in [1.82, 2.24) is 14.8 Å². The Balaban J connectivity index is 1.30. The Hall–Kier alpha value is -4.14. The van der Waals surface area contributed by atoms with E-state index in [1.807, 2.05) is 54.0 Å². The fraction of sp³-hybridized carbons (Fsp3) is 0.290. The van der Waals surface area contributed by atoms with Gasteiger partial charge in [-0.25, -0.2) is 4.39 Å². The third-order valence-corrected chi connectivity index (χ3v) is 7.66. The van der Waals surface area contributed by atoms with E-state index in [2.05, 4.69) is 23.6 Å². The first-order chi connectivity index (χ1) is 19.1. The molecule has 208 valence electrons. The van der Waals surface area contributed by atoms with Crippen LogP contribution < -0.4 is 5.32 Å². The lowest BCUT2D eigenvalue weighted by atomic mass is 9.88. The molecule has 1 aliphatic rings. The SMILES string of the molecule is CC(c1ccccc1)n1cc(C(=O)N2CCC(c3cc(CNC(=O)C(F)(F)F)ccc3F)CC2)c2ccccc21. The molecule has 1 saturated heterocycles. The minimum atomic E-state index is -4.98. The zero-order valence-electron chi connectivity index (χ0n) is 21.9. The summed E-state index contributed by atoms with van der Waals surface area (Å²) in [5.41, 5.74) is 3.48. The monoisotopic (exact) mass is 551 g/mol. The molecule has 0 spiro atoms. The number of nitrogens with one attached hydrogen (secondary N) is 1. The van der Waals surface area contributed by atoms with Crippen molar-refractivity contribution in [2.45, 2.75) is 44.4 Å². The van der Waals surface area contributed by atoms with E-state index in [1.165, 1.54) is 18.2 Å². The van der Waals surface area contributed by atoms with Crippen molar-refractivity contribution in [1.29, 1.82) is 0 Å². The van der Waals surface area contributed by atoms with Crippen LogP contribution in [-0.4, -0.2) is 40.5 Å². The molecule has 1 atom stereocenters. The Morgan fingerprint density at radius 1 is 0.975 bits per heavy atom. The molecular formula is C31H29F4N3O2. The number of hydrogen-bond acceptors (Lipinski definition) is 2. The second-order valence-electron chi connectivity index (χ2n) is 10.2. The highest BCUT2D eigenvalue weighted by Crippen LogP contribution is 2.33. The van der Waals surface area contributed by atoms with Gasteiger partial charge in [-0.2, -0.15) is 13.2 Å². The van der Waals surface area contributed by atoms with Crippen LogP contribution in [0.5, 0.6) is 0 Å². The first kappa shape index (κ1) is 27.4. The van der Waals surface area contributed by atoms with Gasteiger partial charge in [-0.15, -0.1) is 0 Å². The first-order valence-corrected chi connectivity index (χ1v) is 13.2. The van der Waals surface area contributed by atoms with Crippen LogP contribution in [0.2, 0.25) is 0 Å². The Morgan fingerprint density at radius 2 is 1.65 bits per heavy atom. The summed E-state index contributed by atoms with van der Waals surface area (Å²) in [6, 6.07) is 22.0. The molecule has 0 aliphatic carbocycles. The number of carbonyl (C=O) groups excluding carboxylic acids is 2. The maximum absolute atomic E-state index is 14.7. The van der Waals surface area contributed by atoms with Crippen molar-refractivity contribution in [3.63, 3.8) is 0 Å². The van der Waals surface area contributed by atoms with Gasteiger partial charge in [0.05, 0.1) is 11.6 Å². The lowest BCUT2D eigenvalue weighted by Gasteiger charge is -2.32. The molecule has 3 aromatic carbocycles. The van der Waals surface area contributed by atoms with Crippen LogP contribution in [0, 0.1) is 5.82 Å². The predicted molar refractivity (Wildman–Crippen MR) is 144 cm³/mol. The summed E-state index contributed by atoms with van der Waals surface area (Å²) in [6.45, 7) is 2.59. The van der Waals surface area contributed by atoms with E-state index >= 15 is 0 Å². The molecule has 9 heteroatoms. The highest BCUT2D eigenvalue weighted by molar-refractivity contribution is 6.07. The minimum Gasteiger partial charge on any atom is -0.344 e. The molecule has 0 bridgehead atoms. The standard InChI is InChI=1S/C31H29F4N3O2/c1-20(22-7-3-2-4-8-22)38-19-26(24-9-5-6-10-28(24)38)29(39)37-15-13-23(14-16-37)25-17-21(11-12-27(25)32)18-36-30(40)31(33,34)35/h2-12,17,19-20,23H,13-16,18H2,1H3,(H,36,40). The smallest absolute Gasteiger partial charge is 0.344 e. The largest absolute Gasteiger partial charge is 0.471 e. The summed E-state index contributed by atoms with van der Waals surface area (Å²) in [5, 5.41) is 2.69. The summed E-state index contributed by atoms with van der Waals surface area (Å²) in [4.78, 5) is 26.6. The number of benzene rings is 3. The number of nitrogens with zero attached hydrogens (tertiary/aromatic N) is 2. The van der Waals surface area contributed by atoms with E-state index in [9.17, 15) is 27.2 Å². The van der Waals surface area contributed by atoms with Gasteiger partial charge in [0.1, 0.15) is 5.82 Å². The van der Waals surface area contributed by atoms with Crippen LogP contribution in [0.1, 0.15) is 58.8 Å². The van der Waals surface area contributed by atoms with Gasteiger partial charge in [-0.05, 0) is 54.5 Å². The number of hydrogen-bond donors (Lipinski definition) is 1. The van der Waals surface area contributed by atoms with Crippen LogP contribution in [0.15, 0.2) is 79.0 Å². The van der Waals surface area contributed by atoms with E-state index < -0.39 is 17.9 Å². The maximum Gasteiger partial charge on any atom is 0.471 e. The van der Waals surface area contributed by atoms with Crippen molar-refractivity contribution < 1.29 is 27.2 Å². The molecule has 1 aliphatic heterocycles. The molecule has 1 unspecified atom stereocenters. The number of para-hydroxylation sites is 1. The zero-order valence-corrected chi connectivity index (χ0v) is 21.9. The molecule has 40 heavy (non-hydrogen) atoms. The van der Waals surface area contributed by atoms with Gasteiger partial charge in [0.25, 0.3) is 5.91 Å². The topological polar surface area (TPSA) is 54.3 Å². The highest BCUT2D eigenvalue weighted by Gasteiger charge is 2.38. The number of likely N-dealkylation sites (tertiary alicyclic amines) is 1. The highest BCUT2D eigenvalue weighted by atomic mass is 19.4. The fourth-order valence-corrected chi connectivity index (χ4v) is 5.45. The molecule has 4 aromatic rings. The summed E-state index contributed by atoms with van der Waals surface area (Å²) in [5.74, 6) is -2.77. The molecule has 1 aromatic heterocycles. The second-order valence-corrected chi connectivity index (χ2v) is 10.2. The molecule has 2 amide bonds. The average molecular weight is 552 g/mol. The number of piperidine rings is 1. The molecule has 0 saturated carbocycles. The van der Waals surface area contributed by atoms with E-state index in [1.54, 1.807) is 4.90 Å². The van der Waals surface area contributed by atoms with Crippen molar-refractivity contribution >= 4 is 22.7 Å². The van der Waals surface area contributed by atoms with E-state index in [0.29, 0.717) is 42.6 Å². The lowest BCUT2D eigenvalue weighted by Crippen LogP contribution is -2.38. The quantitative estimate of drug-likeness (QED) is 0.275. The van der Waals surface area contributed by atoms with Gasteiger partial charge in [0.2, 0.25) is 0 Å². The van der Waals surface area contributed by atoms with Crippen molar-refractivity contribution in [3.05, 3.63) is 107 Å². The fourth-order valence-electron chi connectivity index (χ4n) is 5.45. The third-order valence-electron chi connectivity index (χ3n) is 7.66. The van der Waals surface area contributed by atoms with Gasteiger partial charge in [-0.3, -0.25) is 9.59 Å². The van der Waals surface area contributed by atoms with Crippen LogP contribution in [-0.2, 0) is 11.3 Å². The second kappa shape index (κ2) is 11.2. The van der Waals surface area contributed by atoms with Gasteiger partial charge in [0, 0.05) is 36.7 Å². The van der Waals surface area contributed by atoms with Gasteiger partial charge >= 0.3 is 12.1 Å². The normalized spacial score (nSPS) is 15.3. The molecule has 0 radical (unpaired) electrons. The lowest BCUT2D eigenvalue weighted by molar-refractivity contribution is -0.173. The molecule has 1 fully saturated rings. The maximum atomic E-state index is 14.7. The van der Waals surface area contributed by atoms with Crippen molar-refractivity contribution in [2.24, 2.45) is 0 Å². The van der Waals surface area contributed by atoms with E-state index in [4.69, 9.17) is 0 Å². The predicted octanol–water partition coefficient (Wildman–Crippen LogP) is 6.59. The van der Waals surface area contributed by atoms with Crippen molar-refractivity contribution in [2.75, 3.05) is 13.1 Å². The van der Waals surface area contributed by atoms with Gasteiger partial charge < -0.3 is 14.8 Å². The molecule has 1 N–H and O–H groups in total. The minimum absolute atomic E-state index is 0.0227. The van der Waals surface area contributed by atoms with Gasteiger partial charge in [0.15, 0.2) is 0 Å². The third kappa shape index (κ3) is 5.59. The number of carbonyl (C=O) groups is 2. The number of rotatable bonds is 6. The number of fused-ring (bicyclic) bond motifs is 1. The van der Waals surface area contributed by atoms with Crippen molar-refractivity contribution in [3.8, 4) is 0 Å². The average Bonchev–Trinajstić information content (AvgIpc) is 3.35. The number of halogens is 4. The number of aromatic nitrogens is 1. The van der Waals surface area contributed by atoms with Crippen LogP contribution in [0.25, 0.3) is 10.9 Å². The molecule has 5 nitrogen and oxygen atoms in total. The van der Waals surface area contributed by atoms with E-state index in [-0.39, 0.29) is 24.4 Å². The summed E-state index contributed by atoms with van der Waals surface area (Å²) in [6.07, 6.45) is -2.04. The van der Waals surface area contributed by atoms with E-state index in [0.717, 1.165) is 16.5 Å². The Bertz CT molecular complexity index is 1520. The summed E-state index contributed by atoms with van der Waals surface area (Å²) in [7, 11) is 0. The Morgan fingerprint density at radius 3 is 2.35 bits per heavy atom.